The molecule has 0 aromatic heterocycles. The van der Waals surface area contributed by atoms with Gasteiger partial charge in [-0.2, -0.15) is 12.7 Å². The molecule has 106 valence electrons. The van der Waals surface area contributed by atoms with Crippen molar-refractivity contribution in [1.29, 1.82) is 0 Å². The molecule has 1 aliphatic rings. The van der Waals surface area contributed by atoms with E-state index >= 15 is 0 Å². The summed E-state index contributed by atoms with van der Waals surface area (Å²) < 4.78 is 28.5. The maximum Gasteiger partial charge on any atom is 0.301 e. The molecule has 1 aromatic carbocycles. The highest BCUT2D eigenvalue weighted by Crippen LogP contribution is 2.20. The normalized spacial score (nSPS) is 21.3. The van der Waals surface area contributed by atoms with Gasteiger partial charge < -0.3 is 5.11 Å². The highest BCUT2D eigenvalue weighted by atomic mass is 32.2. The number of nitrogens with one attached hydrogen (secondary N) is 1. The number of hydrogen-bond acceptors (Lipinski definition) is 3. The first-order valence-electron chi connectivity index (χ1n) is 6.46. The topological polar surface area (TPSA) is 69.6 Å². The van der Waals surface area contributed by atoms with Crippen molar-refractivity contribution >= 4 is 15.9 Å². The summed E-state index contributed by atoms with van der Waals surface area (Å²) >= 11 is 0. The monoisotopic (exact) mass is 284 g/mol. The molecule has 0 radical (unpaired) electrons. The van der Waals surface area contributed by atoms with Crippen LogP contribution in [0.15, 0.2) is 24.3 Å². The minimum Gasteiger partial charge on any atom is -0.396 e. The molecule has 1 fully saturated rings. The first-order valence-corrected chi connectivity index (χ1v) is 7.90. The molecule has 2 rings (SSSR count). The van der Waals surface area contributed by atoms with Crippen LogP contribution in [-0.2, 0) is 10.2 Å². The zero-order valence-electron chi connectivity index (χ0n) is 11.0. The number of nitrogens with zero attached hydrogens (tertiary/aromatic N) is 1. The SMILES string of the molecule is Cc1ccc(NS(=O)(=O)N2CCCC(CO)C2)cc1. The number of rotatable bonds is 4. The number of benzene rings is 1. The van der Waals surface area contributed by atoms with E-state index < -0.39 is 10.2 Å². The maximum atomic E-state index is 12.2. The Hall–Kier alpha value is -1.11. The molecule has 19 heavy (non-hydrogen) atoms. The van der Waals surface area contributed by atoms with Crippen LogP contribution in [0.4, 0.5) is 5.69 Å². The zero-order chi connectivity index (χ0) is 13.9. The van der Waals surface area contributed by atoms with E-state index in [0.29, 0.717) is 18.8 Å². The number of anilines is 1. The Bertz CT molecular complexity index is 513. The average molecular weight is 284 g/mol. The van der Waals surface area contributed by atoms with Gasteiger partial charge in [0.25, 0.3) is 0 Å². The first-order chi connectivity index (χ1) is 9.01. The van der Waals surface area contributed by atoms with Crippen LogP contribution in [0, 0.1) is 12.8 Å². The molecule has 1 saturated heterocycles. The Labute approximate surface area is 114 Å². The molecule has 1 aliphatic heterocycles. The number of aryl methyl sites for hydroxylation is 1. The van der Waals surface area contributed by atoms with Crippen molar-refractivity contribution in [3.63, 3.8) is 0 Å². The molecule has 0 saturated carbocycles. The van der Waals surface area contributed by atoms with Crippen molar-refractivity contribution in [1.82, 2.24) is 4.31 Å². The van der Waals surface area contributed by atoms with Crippen LogP contribution in [0.1, 0.15) is 18.4 Å². The summed E-state index contributed by atoms with van der Waals surface area (Å²) in [5.74, 6) is 0.0448. The van der Waals surface area contributed by atoms with Gasteiger partial charge in [0, 0.05) is 25.4 Å². The second kappa shape index (κ2) is 5.90. The van der Waals surface area contributed by atoms with Crippen LogP contribution >= 0.6 is 0 Å². The fourth-order valence-corrected chi connectivity index (χ4v) is 3.57. The van der Waals surface area contributed by atoms with E-state index in [4.69, 9.17) is 5.11 Å². The minimum atomic E-state index is -3.52. The lowest BCUT2D eigenvalue weighted by Gasteiger charge is -2.31. The number of piperidine rings is 1. The van der Waals surface area contributed by atoms with Gasteiger partial charge in [0.2, 0.25) is 0 Å². The van der Waals surface area contributed by atoms with Gasteiger partial charge in [0.05, 0.1) is 0 Å². The first kappa shape index (κ1) is 14.3. The summed E-state index contributed by atoms with van der Waals surface area (Å²) in [6.07, 6.45) is 1.67. The lowest BCUT2D eigenvalue weighted by Crippen LogP contribution is -2.43. The second-order valence-corrected chi connectivity index (χ2v) is 6.69. The summed E-state index contributed by atoms with van der Waals surface area (Å²) in [5.41, 5.74) is 1.65. The Morgan fingerprint density at radius 1 is 1.37 bits per heavy atom. The fraction of sp³-hybridized carbons (Fsp3) is 0.538. The predicted molar refractivity (Wildman–Crippen MR) is 75.1 cm³/mol. The molecule has 2 N–H and O–H groups in total. The lowest BCUT2D eigenvalue weighted by molar-refractivity contribution is 0.166. The van der Waals surface area contributed by atoms with Crippen LogP contribution in [-0.4, -0.2) is 37.5 Å². The molecule has 1 aromatic rings. The fourth-order valence-electron chi connectivity index (χ4n) is 2.23. The van der Waals surface area contributed by atoms with E-state index in [1.54, 1.807) is 12.1 Å². The Kier molecular flexibility index (Phi) is 4.44. The summed E-state index contributed by atoms with van der Waals surface area (Å²) in [6.45, 7) is 2.89. The largest absolute Gasteiger partial charge is 0.396 e. The van der Waals surface area contributed by atoms with Gasteiger partial charge in [0.15, 0.2) is 0 Å². The summed E-state index contributed by atoms with van der Waals surface area (Å²) in [4.78, 5) is 0. The van der Waals surface area contributed by atoms with E-state index in [2.05, 4.69) is 4.72 Å². The molecular formula is C13H20N2O3S. The second-order valence-electron chi connectivity index (χ2n) is 5.02. The summed E-state index contributed by atoms with van der Waals surface area (Å²) in [5, 5.41) is 9.15. The van der Waals surface area contributed by atoms with Crippen LogP contribution in [0.25, 0.3) is 0 Å². The van der Waals surface area contributed by atoms with E-state index in [-0.39, 0.29) is 12.5 Å². The summed E-state index contributed by atoms with van der Waals surface area (Å²) in [6, 6.07) is 7.23. The van der Waals surface area contributed by atoms with Gasteiger partial charge in [-0.15, -0.1) is 0 Å². The van der Waals surface area contributed by atoms with Gasteiger partial charge in [-0.1, -0.05) is 17.7 Å². The van der Waals surface area contributed by atoms with Crippen molar-refractivity contribution in [3.8, 4) is 0 Å². The van der Waals surface area contributed by atoms with Crippen molar-refractivity contribution in [2.75, 3.05) is 24.4 Å². The summed E-state index contributed by atoms with van der Waals surface area (Å²) in [7, 11) is -3.52. The molecule has 5 nitrogen and oxygen atoms in total. The van der Waals surface area contributed by atoms with Crippen molar-refractivity contribution < 1.29 is 13.5 Å². The van der Waals surface area contributed by atoms with E-state index in [9.17, 15) is 8.42 Å². The minimum absolute atomic E-state index is 0.0382. The van der Waals surface area contributed by atoms with Crippen LogP contribution in [0.3, 0.4) is 0 Å². The average Bonchev–Trinajstić information content (AvgIpc) is 2.41. The van der Waals surface area contributed by atoms with Crippen molar-refractivity contribution in [3.05, 3.63) is 29.8 Å². The molecule has 1 atom stereocenters. The smallest absolute Gasteiger partial charge is 0.301 e. The van der Waals surface area contributed by atoms with Crippen molar-refractivity contribution in [2.24, 2.45) is 5.92 Å². The molecule has 6 heteroatoms. The molecule has 1 unspecified atom stereocenters. The maximum absolute atomic E-state index is 12.2. The third-order valence-electron chi connectivity index (χ3n) is 3.38. The van der Waals surface area contributed by atoms with Crippen LogP contribution < -0.4 is 4.72 Å². The lowest BCUT2D eigenvalue weighted by atomic mass is 10.0. The number of aliphatic hydroxyl groups excluding tert-OH is 1. The Morgan fingerprint density at radius 2 is 2.05 bits per heavy atom. The quantitative estimate of drug-likeness (QED) is 0.877. The molecule has 0 bridgehead atoms. The van der Waals surface area contributed by atoms with Gasteiger partial charge in [-0.05, 0) is 37.8 Å². The predicted octanol–water partition coefficient (Wildman–Crippen LogP) is 1.36. The van der Waals surface area contributed by atoms with Gasteiger partial charge in [-0.3, -0.25) is 4.72 Å². The highest BCUT2D eigenvalue weighted by Gasteiger charge is 2.28. The van der Waals surface area contributed by atoms with E-state index in [1.165, 1.54) is 4.31 Å². The van der Waals surface area contributed by atoms with Gasteiger partial charge in [-0.25, -0.2) is 0 Å². The number of aliphatic hydroxyl groups is 1. The standard InChI is InChI=1S/C13H20N2O3S/c1-11-4-6-13(7-5-11)14-19(17,18)15-8-2-3-12(9-15)10-16/h4-7,12,14,16H,2-3,8-10H2,1H3. The molecule has 0 spiro atoms. The third-order valence-corrected chi connectivity index (χ3v) is 4.88. The third kappa shape index (κ3) is 3.68. The highest BCUT2D eigenvalue weighted by molar-refractivity contribution is 7.90. The van der Waals surface area contributed by atoms with Gasteiger partial charge >= 0.3 is 10.2 Å². The van der Waals surface area contributed by atoms with E-state index in [1.807, 2.05) is 19.1 Å². The van der Waals surface area contributed by atoms with E-state index in [0.717, 1.165) is 18.4 Å². The van der Waals surface area contributed by atoms with Gasteiger partial charge in [0.1, 0.15) is 0 Å². The Balaban J connectivity index is 2.07. The molecule has 0 aliphatic carbocycles. The molecule has 1 heterocycles. The van der Waals surface area contributed by atoms with Crippen LogP contribution in [0.2, 0.25) is 0 Å². The zero-order valence-corrected chi connectivity index (χ0v) is 11.9. The van der Waals surface area contributed by atoms with Crippen LogP contribution in [0.5, 0.6) is 0 Å². The molecular weight excluding hydrogens is 264 g/mol. The van der Waals surface area contributed by atoms with Crippen molar-refractivity contribution in [2.45, 2.75) is 19.8 Å². The Morgan fingerprint density at radius 3 is 2.68 bits per heavy atom. The molecule has 0 amide bonds. The number of hydrogen-bond donors (Lipinski definition) is 2.